The highest BCUT2D eigenvalue weighted by molar-refractivity contribution is 5.79. The lowest BCUT2D eigenvalue weighted by molar-refractivity contribution is 0.137. The van der Waals surface area contributed by atoms with Gasteiger partial charge in [0.05, 0.1) is 0 Å². The number of hydrogen-bond acceptors (Lipinski definition) is 2. The quantitative estimate of drug-likeness (QED) is 0.452. The summed E-state index contributed by atoms with van der Waals surface area (Å²) in [6.45, 7) is 9.61. The molecular formula is C18H37N3O. The highest BCUT2D eigenvalue weighted by atomic mass is 16.3. The molecule has 0 amide bonds. The monoisotopic (exact) mass is 311 g/mol. The molecule has 1 aliphatic carbocycles. The highest BCUT2D eigenvalue weighted by Crippen LogP contribution is 2.39. The summed E-state index contributed by atoms with van der Waals surface area (Å²) in [6.07, 6.45) is 9.63. The van der Waals surface area contributed by atoms with Crippen molar-refractivity contribution >= 4 is 5.96 Å². The van der Waals surface area contributed by atoms with Crippen molar-refractivity contribution < 1.29 is 5.11 Å². The maximum Gasteiger partial charge on any atom is 0.191 e. The van der Waals surface area contributed by atoms with Gasteiger partial charge in [0.1, 0.15) is 0 Å². The lowest BCUT2D eigenvalue weighted by Gasteiger charge is -2.35. The molecule has 0 aromatic rings. The van der Waals surface area contributed by atoms with Gasteiger partial charge >= 0.3 is 0 Å². The van der Waals surface area contributed by atoms with Gasteiger partial charge in [-0.3, -0.25) is 4.99 Å². The molecule has 0 aliphatic heterocycles. The Bertz CT molecular complexity index is 302. The summed E-state index contributed by atoms with van der Waals surface area (Å²) >= 11 is 0. The number of guanidine groups is 1. The van der Waals surface area contributed by atoms with Crippen molar-refractivity contribution in [2.45, 2.75) is 72.1 Å². The van der Waals surface area contributed by atoms with E-state index in [0.717, 1.165) is 32.0 Å². The second-order valence-electron chi connectivity index (χ2n) is 6.79. The van der Waals surface area contributed by atoms with Crippen molar-refractivity contribution in [3.63, 3.8) is 0 Å². The number of nitrogens with zero attached hydrogens (tertiary/aromatic N) is 1. The van der Waals surface area contributed by atoms with Crippen LogP contribution in [0.5, 0.6) is 0 Å². The first-order valence-electron chi connectivity index (χ1n) is 9.32. The number of hydrogen-bond donors (Lipinski definition) is 3. The Morgan fingerprint density at radius 2 is 1.77 bits per heavy atom. The molecule has 1 rings (SSSR count). The molecule has 0 aromatic heterocycles. The van der Waals surface area contributed by atoms with Gasteiger partial charge in [0.25, 0.3) is 0 Å². The molecule has 4 heteroatoms. The summed E-state index contributed by atoms with van der Waals surface area (Å²) in [7, 11) is 0. The van der Waals surface area contributed by atoms with Gasteiger partial charge in [-0.15, -0.1) is 0 Å². The van der Waals surface area contributed by atoms with E-state index in [1.54, 1.807) is 0 Å². The van der Waals surface area contributed by atoms with E-state index in [2.05, 4.69) is 31.4 Å². The van der Waals surface area contributed by atoms with Crippen LogP contribution in [-0.4, -0.2) is 37.3 Å². The number of aliphatic imine (C=N–C) groups is 1. The van der Waals surface area contributed by atoms with E-state index in [4.69, 9.17) is 4.99 Å². The van der Waals surface area contributed by atoms with Gasteiger partial charge in [0.2, 0.25) is 0 Å². The fraction of sp³-hybridized carbons (Fsp3) is 0.944. The number of aliphatic hydroxyl groups is 1. The zero-order valence-electron chi connectivity index (χ0n) is 15.0. The Hall–Kier alpha value is -0.770. The summed E-state index contributed by atoms with van der Waals surface area (Å²) in [6, 6.07) is 0. The average Bonchev–Trinajstić information content (AvgIpc) is 2.54. The van der Waals surface area contributed by atoms with E-state index in [1.165, 1.54) is 44.9 Å². The van der Waals surface area contributed by atoms with Gasteiger partial charge in [0, 0.05) is 26.2 Å². The zero-order chi connectivity index (χ0) is 16.3. The van der Waals surface area contributed by atoms with E-state index >= 15 is 0 Å². The van der Waals surface area contributed by atoms with Crippen LogP contribution in [0, 0.1) is 11.3 Å². The summed E-state index contributed by atoms with van der Waals surface area (Å²) in [5, 5.41) is 16.3. The van der Waals surface area contributed by atoms with E-state index in [1.807, 2.05) is 0 Å². The van der Waals surface area contributed by atoms with E-state index in [9.17, 15) is 5.11 Å². The second-order valence-corrected chi connectivity index (χ2v) is 6.79. The predicted octanol–water partition coefficient (Wildman–Crippen LogP) is 3.31. The summed E-state index contributed by atoms with van der Waals surface area (Å²) in [5.74, 6) is 1.65. The molecule has 3 N–H and O–H groups in total. The van der Waals surface area contributed by atoms with Crippen molar-refractivity contribution in [3.8, 4) is 0 Å². The van der Waals surface area contributed by atoms with Crippen LogP contribution >= 0.6 is 0 Å². The molecule has 0 spiro atoms. The molecule has 4 nitrogen and oxygen atoms in total. The third-order valence-corrected chi connectivity index (χ3v) is 5.19. The smallest absolute Gasteiger partial charge is 0.191 e. The van der Waals surface area contributed by atoms with Gasteiger partial charge in [-0.2, -0.15) is 0 Å². The van der Waals surface area contributed by atoms with Gasteiger partial charge < -0.3 is 15.7 Å². The molecular weight excluding hydrogens is 274 g/mol. The minimum atomic E-state index is 0.226. The minimum Gasteiger partial charge on any atom is -0.396 e. The van der Waals surface area contributed by atoms with Crippen molar-refractivity contribution in [1.29, 1.82) is 0 Å². The first kappa shape index (κ1) is 19.3. The van der Waals surface area contributed by atoms with Gasteiger partial charge in [-0.05, 0) is 37.5 Å². The van der Waals surface area contributed by atoms with Crippen LogP contribution in [0.15, 0.2) is 4.99 Å². The van der Waals surface area contributed by atoms with Crippen LogP contribution in [-0.2, 0) is 0 Å². The van der Waals surface area contributed by atoms with Crippen LogP contribution in [0.4, 0.5) is 0 Å². The Morgan fingerprint density at radius 3 is 2.32 bits per heavy atom. The summed E-state index contributed by atoms with van der Waals surface area (Å²) in [5.41, 5.74) is 0.226. The molecule has 0 saturated heterocycles. The molecule has 0 unspecified atom stereocenters. The van der Waals surface area contributed by atoms with Gasteiger partial charge in [-0.25, -0.2) is 0 Å². The molecule has 1 aliphatic rings. The lowest BCUT2D eigenvalue weighted by atomic mass is 9.72. The van der Waals surface area contributed by atoms with Crippen LogP contribution < -0.4 is 10.6 Å². The van der Waals surface area contributed by atoms with Crippen molar-refractivity contribution in [3.05, 3.63) is 0 Å². The fourth-order valence-corrected chi connectivity index (χ4v) is 3.43. The largest absolute Gasteiger partial charge is 0.396 e. The Balaban J connectivity index is 2.61. The standard InChI is InChI=1S/C18H37N3O/c1-4-16(5-2)14-20-17(19-6-3)21-15-18(12-13-22)10-8-7-9-11-18/h16,22H,4-15H2,1-3H3,(H2,19,20,21). The maximum atomic E-state index is 9.41. The van der Waals surface area contributed by atoms with Crippen molar-refractivity contribution in [2.75, 3.05) is 26.2 Å². The molecule has 0 aromatic carbocycles. The van der Waals surface area contributed by atoms with Crippen LogP contribution in [0.3, 0.4) is 0 Å². The third-order valence-electron chi connectivity index (χ3n) is 5.19. The SMILES string of the molecule is CCNC(=NCC1(CCO)CCCCC1)NCC(CC)CC. The fourth-order valence-electron chi connectivity index (χ4n) is 3.43. The highest BCUT2D eigenvalue weighted by Gasteiger charge is 2.31. The number of aliphatic hydroxyl groups excluding tert-OH is 1. The van der Waals surface area contributed by atoms with E-state index < -0.39 is 0 Å². The topological polar surface area (TPSA) is 56.7 Å². The third kappa shape index (κ3) is 6.55. The average molecular weight is 312 g/mol. The first-order valence-corrected chi connectivity index (χ1v) is 9.32. The Labute approximate surface area is 137 Å². The van der Waals surface area contributed by atoms with E-state index in [-0.39, 0.29) is 12.0 Å². The molecule has 0 radical (unpaired) electrons. The second kappa shape index (κ2) is 10.9. The van der Waals surface area contributed by atoms with Gasteiger partial charge in [-0.1, -0.05) is 46.0 Å². The normalized spacial score (nSPS) is 18.5. The predicted molar refractivity (Wildman–Crippen MR) is 95.3 cm³/mol. The molecule has 1 saturated carbocycles. The Morgan fingerprint density at radius 1 is 1.09 bits per heavy atom. The van der Waals surface area contributed by atoms with Crippen LogP contribution in [0.1, 0.15) is 72.1 Å². The molecule has 0 atom stereocenters. The van der Waals surface area contributed by atoms with Crippen molar-refractivity contribution in [1.82, 2.24) is 10.6 Å². The molecule has 0 heterocycles. The molecule has 0 bridgehead atoms. The molecule has 22 heavy (non-hydrogen) atoms. The summed E-state index contributed by atoms with van der Waals surface area (Å²) < 4.78 is 0. The zero-order valence-corrected chi connectivity index (χ0v) is 15.0. The molecule has 1 fully saturated rings. The minimum absolute atomic E-state index is 0.226. The first-order chi connectivity index (χ1) is 10.7. The van der Waals surface area contributed by atoms with E-state index in [0.29, 0.717) is 5.92 Å². The van der Waals surface area contributed by atoms with Crippen LogP contribution in [0.25, 0.3) is 0 Å². The van der Waals surface area contributed by atoms with Gasteiger partial charge in [0.15, 0.2) is 5.96 Å². The van der Waals surface area contributed by atoms with Crippen molar-refractivity contribution in [2.24, 2.45) is 16.3 Å². The number of nitrogens with one attached hydrogen (secondary N) is 2. The number of rotatable bonds is 9. The Kier molecular flexibility index (Phi) is 9.53. The summed E-state index contributed by atoms with van der Waals surface area (Å²) in [4.78, 5) is 4.85. The maximum absolute atomic E-state index is 9.41. The lowest BCUT2D eigenvalue weighted by Crippen LogP contribution is -2.41. The van der Waals surface area contributed by atoms with Crippen LogP contribution in [0.2, 0.25) is 0 Å². The molecule has 130 valence electrons.